The van der Waals surface area contributed by atoms with Crippen molar-refractivity contribution in [2.24, 2.45) is 0 Å². The van der Waals surface area contributed by atoms with Crippen LogP contribution in [0.15, 0.2) is 23.6 Å². The molecule has 3 aromatic rings. The lowest BCUT2D eigenvalue weighted by Crippen LogP contribution is -2.04. The van der Waals surface area contributed by atoms with Crippen molar-refractivity contribution in [3.8, 4) is 16.5 Å². The number of thiazole rings is 1. The molecule has 7 heteroatoms. The molecule has 0 unspecified atom stereocenters. The van der Waals surface area contributed by atoms with Gasteiger partial charge in [-0.25, -0.2) is 9.97 Å². The molecular formula is C16H13F3N2OS. The molecule has 0 bridgehead atoms. The van der Waals surface area contributed by atoms with Gasteiger partial charge in [-0.2, -0.15) is 13.2 Å². The number of hydrogen-bond donors (Lipinski definition) is 0. The lowest BCUT2D eigenvalue weighted by molar-refractivity contribution is -0.140. The zero-order chi connectivity index (χ0) is 16.8. The van der Waals surface area contributed by atoms with E-state index in [1.807, 2.05) is 26.0 Å². The van der Waals surface area contributed by atoms with Crippen LogP contribution in [-0.2, 0) is 6.18 Å². The van der Waals surface area contributed by atoms with Crippen LogP contribution >= 0.6 is 11.3 Å². The highest BCUT2D eigenvalue weighted by molar-refractivity contribution is 7.13. The average Bonchev–Trinajstić information content (AvgIpc) is 2.96. The third kappa shape index (κ3) is 2.88. The summed E-state index contributed by atoms with van der Waals surface area (Å²) in [5.74, 6) is 0.753. The zero-order valence-corrected chi connectivity index (χ0v) is 13.5. The van der Waals surface area contributed by atoms with Crippen LogP contribution in [0.2, 0.25) is 0 Å². The van der Waals surface area contributed by atoms with Gasteiger partial charge in [0, 0.05) is 10.8 Å². The quantitative estimate of drug-likeness (QED) is 0.659. The number of fused-ring (bicyclic) bond motifs is 1. The van der Waals surface area contributed by atoms with Gasteiger partial charge in [0.25, 0.3) is 0 Å². The van der Waals surface area contributed by atoms with Crippen LogP contribution in [0.5, 0.6) is 5.75 Å². The van der Waals surface area contributed by atoms with Gasteiger partial charge in [-0.15, -0.1) is 11.3 Å². The Kier molecular flexibility index (Phi) is 3.75. The van der Waals surface area contributed by atoms with Crippen LogP contribution in [0.3, 0.4) is 0 Å². The third-order valence-corrected chi connectivity index (χ3v) is 4.41. The normalized spacial score (nSPS) is 11.9. The number of pyridine rings is 1. The first-order valence-electron chi connectivity index (χ1n) is 6.78. The second-order valence-corrected chi connectivity index (χ2v) is 6.06. The van der Waals surface area contributed by atoms with E-state index in [4.69, 9.17) is 4.74 Å². The van der Waals surface area contributed by atoms with Gasteiger partial charge in [-0.05, 0) is 43.2 Å². The van der Waals surface area contributed by atoms with E-state index in [9.17, 15) is 13.2 Å². The van der Waals surface area contributed by atoms with E-state index in [-0.39, 0.29) is 5.01 Å². The number of hydrogen-bond acceptors (Lipinski definition) is 4. The molecule has 2 heterocycles. The summed E-state index contributed by atoms with van der Waals surface area (Å²) < 4.78 is 43.4. The summed E-state index contributed by atoms with van der Waals surface area (Å²) in [6.45, 7) is 3.79. The minimum absolute atomic E-state index is 0.260. The molecule has 2 aromatic heterocycles. The van der Waals surface area contributed by atoms with Crippen LogP contribution in [0.25, 0.3) is 21.6 Å². The number of halogens is 3. The zero-order valence-electron chi connectivity index (χ0n) is 12.7. The number of nitrogens with zero attached hydrogens (tertiary/aromatic N) is 2. The lowest BCUT2D eigenvalue weighted by atomic mass is 10.1. The van der Waals surface area contributed by atoms with E-state index in [0.717, 1.165) is 39.0 Å². The van der Waals surface area contributed by atoms with Crippen LogP contribution in [0.1, 0.15) is 16.8 Å². The number of methoxy groups -OCH3 is 1. The monoisotopic (exact) mass is 338 g/mol. The maximum absolute atomic E-state index is 12.7. The summed E-state index contributed by atoms with van der Waals surface area (Å²) in [4.78, 5) is 8.13. The van der Waals surface area contributed by atoms with E-state index in [2.05, 4.69) is 9.97 Å². The van der Waals surface area contributed by atoms with Crippen molar-refractivity contribution in [3.63, 3.8) is 0 Å². The Balaban J connectivity index is 2.14. The molecule has 0 saturated heterocycles. The molecule has 0 atom stereocenters. The van der Waals surface area contributed by atoms with E-state index in [0.29, 0.717) is 11.2 Å². The van der Waals surface area contributed by atoms with Crippen molar-refractivity contribution in [1.82, 2.24) is 9.97 Å². The van der Waals surface area contributed by atoms with Crippen LogP contribution in [0.4, 0.5) is 13.2 Å². The number of rotatable bonds is 2. The molecule has 0 fully saturated rings. The van der Waals surface area contributed by atoms with Crippen molar-refractivity contribution >= 4 is 22.2 Å². The van der Waals surface area contributed by atoms with Crippen LogP contribution in [0, 0.1) is 13.8 Å². The predicted molar refractivity (Wildman–Crippen MR) is 83.9 cm³/mol. The second kappa shape index (κ2) is 5.49. The molecule has 0 saturated carbocycles. The van der Waals surface area contributed by atoms with Crippen LogP contribution in [-0.4, -0.2) is 17.1 Å². The summed E-state index contributed by atoms with van der Waals surface area (Å²) in [7, 11) is 1.60. The number of aryl methyl sites for hydroxylation is 2. The molecule has 0 amide bonds. The molecule has 0 N–H and O–H groups in total. The number of benzene rings is 1. The van der Waals surface area contributed by atoms with Gasteiger partial charge in [0.2, 0.25) is 0 Å². The molecule has 3 rings (SSSR count). The highest BCUT2D eigenvalue weighted by Crippen LogP contribution is 2.35. The predicted octanol–water partition coefficient (Wildman–Crippen LogP) is 5.00. The highest BCUT2D eigenvalue weighted by atomic mass is 32.1. The van der Waals surface area contributed by atoms with Crippen molar-refractivity contribution < 1.29 is 17.9 Å². The summed E-state index contributed by atoms with van der Waals surface area (Å²) in [5.41, 5.74) is 2.09. The fourth-order valence-electron chi connectivity index (χ4n) is 2.38. The van der Waals surface area contributed by atoms with Crippen molar-refractivity contribution in [2.75, 3.05) is 7.11 Å². The number of ether oxygens (including phenoxy) is 1. The Bertz CT molecular complexity index is 887. The minimum Gasteiger partial charge on any atom is -0.496 e. The van der Waals surface area contributed by atoms with E-state index < -0.39 is 11.9 Å². The first kappa shape index (κ1) is 15.7. The third-order valence-electron chi connectivity index (χ3n) is 3.55. The van der Waals surface area contributed by atoms with Crippen LogP contribution < -0.4 is 4.74 Å². The number of alkyl halides is 3. The summed E-state index contributed by atoms with van der Waals surface area (Å²) >= 11 is 0.940. The van der Waals surface area contributed by atoms with E-state index in [1.54, 1.807) is 13.2 Å². The molecule has 0 spiro atoms. The molecule has 120 valence electrons. The smallest absolute Gasteiger partial charge is 0.434 e. The average molecular weight is 338 g/mol. The molecule has 0 aliphatic carbocycles. The van der Waals surface area contributed by atoms with Gasteiger partial charge >= 0.3 is 6.18 Å². The minimum atomic E-state index is -4.44. The van der Waals surface area contributed by atoms with E-state index >= 15 is 0 Å². The van der Waals surface area contributed by atoms with Crippen molar-refractivity contribution in [3.05, 3.63) is 40.4 Å². The molecule has 0 aliphatic rings. The molecule has 1 aromatic carbocycles. The van der Waals surface area contributed by atoms with Gasteiger partial charge in [0.05, 0.1) is 18.3 Å². The standard InChI is InChI=1S/C16H13F3N2OS/c1-8-4-12(15-21-14(7-23-15)16(17,18)19)20-11-5-9(2)13(22-3)6-10(8)11/h4-7H,1-3H3. The van der Waals surface area contributed by atoms with Gasteiger partial charge in [0.1, 0.15) is 10.8 Å². The van der Waals surface area contributed by atoms with Gasteiger partial charge in [-0.1, -0.05) is 0 Å². The summed E-state index contributed by atoms with van der Waals surface area (Å²) in [6.07, 6.45) is -4.44. The molecule has 23 heavy (non-hydrogen) atoms. The number of aromatic nitrogens is 2. The maximum atomic E-state index is 12.7. The summed E-state index contributed by atoms with van der Waals surface area (Å²) in [5, 5.41) is 2.18. The Morgan fingerprint density at radius 1 is 1.04 bits per heavy atom. The Labute approximate surface area is 134 Å². The van der Waals surface area contributed by atoms with Gasteiger partial charge in [0.15, 0.2) is 5.69 Å². The Hall–Kier alpha value is -2.15. The maximum Gasteiger partial charge on any atom is 0.434 e. The fraction of sp³-hybridized carbons (Fsp3) is 0.250. The van der Waals surface area contributed by atoms with Gasteiger partial charge in [-0.3, -0.25) is 0 Å². The van der Waals surface area contributed by atoms with E-state index in [1.165, 1.54) is 0 Å². The lowest BCUT2D eigenvalue weighted by Gasteiger charge is -2.09. The Morgan fingerprint density at radius 2 is 1.78 bits per heavy atom. The first-order chi connectivity index (χ1) is 10.8. The highest BCUT2D eigenvalue weighted by Gasteiger charge is 2.34. The molecule has 0 radical (unpaired) electrons. The summed E-state index contributed by atoms with van der Waals surface area (Å²) in [6, 6.07) is 5.50. The van der Waals surface area contributed by atoms with Gasteiger partial charge < -0.3 is 4.74 Å². The SMILES string of the molecule is COc1cc2c(C)cc(-c3nc(C(F)(F)F)cs3)nc2cc1C. The van der Waals surface area contributed by atoms with Crippen molar-refractivity contribution in [2.45, 2.75) is 20.0 Å². The first-order valence-corrected chi connectivity index (χ1v) is 7.66. The topological polar surface area (TPSA) is 35.0 Å². The Morgan fingerprint density at radius 3 is 2.39 bits per heavy atom. The molecular weight excluding hydrogens is 325 g/mol. The second-order valence-electron chi connectivity index (χ2n) is 5.20. The molecule has 0 aliphatic heterocycles. The molecule has 3 nitrogen and oxygen atoms in total. The fourth-order valence-corrected chi connectivity index (χ4v) is 3.16. The largest absolute Gasteiger partial charge is 0.496 e. The van der Waals surface area contributed by atoms with Crippen molar-refractivity contribution in [1.29, 1.82) is 0 Å².